The summed E-state index contributed by atoms with van der Waals surface area (Å²) in [5, 5.41) is 14.8. The van der Waals surface area contributed by atoms with Crippen molar-refractivity contribution < 1.29 is 18.8 Å². The topological polar surface area (TPSA) is 61.4 Å². The molecule has 7 heteroatoms. The second-order valence-corrected chi connectivity index (χ2v) is 6.86. The Morgan fingerprint density at radius 1 is 1.22 bits per heavy atom. The van der Waals surface area contributed by atoms with E-state index in [0.717, 1.165) is 34.2 Å². The van der Waals surface area contributed by atoms with Crippen molar-refractivity contribution in [3.05, 3.63) is 76.3 Å². The van der Waals surface area contributed by atoms with Gasteiger partial charge in [-0.3, -0.25) is 4.79 Å². The average molecular weight is 388 g/mol. The molecule has 0 fully saturated rings. The van der Waals surface area contributed by atoms with Crippen molar-refractivity contribution in [2.45, 2.75) is 19.4 Å². The number of carbonyl (C=O) groups is 1. The average Bonchev–Trinajstić information content (AvgIpc) is 3.08. The Morgan fingerprint density at radius 2 is 2.04 bits per heavy atom. The van der Waals surface area contributed by atoms with Gasteiger partial charge < -0.3 is 10.5 Å². The van der Waals surface area contributed by atoms with E-state index in [-0.39, 0.29) is 0 Å². The molecule has 3 rings (SSSR count). The molecule has 1 aromatic heterocycles. The number of nitrogens with one attached hydrogen (secondary N) is 2. The fourth-order valence-electron chi connectivity index (χ4n) is 2.73. The maximum absolute atomic E-state index is 13.2. The molecule has 0 aliphatic rings. The molecule has 0 bridgehead atoms. The zero-order valence-corrected chi connectivity index (χ0v) is 15.3. The van der Waals surface area contributed by atoms with E-state index in [1.54, 1.807) is 0 Å². The number of fused-ring (bicyclic) bond motifs is 1. The molecule has 1 amide bonds. The second kappa shape index (κ2) is 8.39. The number of hydrogen-bond donors (Lipinski definition) is 3. The monoisotopic (exact) mass is 388 g/mol. The first kappa shape index (κ1) is 19.2. The zero-order chi connectivity index (χ0) is 19.4. The third kappa shape index (κ3) is 4.21. The Balaban J connectivity index is 1.78. The number of aryl methyl sites for hydroxylation is 1. The van der Waals surface area contributed by atoms with Crippen LogP contribution in [0.1, 0.15) is 29.7 Å². The summed E-state index contributed by atoms with van der Waals surface area (Å²) in [6, 6.07) is 8.51. The van der Waals surface area contributed by atoms with Crippen LogP contribution in [-0.2, 0) is 11.2 Å². The molecule has 0 aliphatic carbocycles. The van der Waals surface area contributed by atoms with Crippen LogP contribution in [-0.4, -0.2) is 11.1 Å². The zero-order valence-electron chi connectivity index (χ0n) is 14.5. The van der Waals surface area contributed by atoms with Crippen molar-refractivity contribution >= 4 is 33.4 Å². The summed E-state index contributed by atoms with van der Waals surface area (Å²) in [4.78, 5) is 12.5. The molecule has 0 radical (unpaired) electrons. The first-order valence-corrected chi connectivity index (χ1v) is 9.23. The Kier molecular flexibility index (Phi) is 5.95. The standard InChI is InChI=1S/C20H18F2N2O2S/c1-2-12-4-6-18-14(9-12)15(11-27-18)19(24-26)20(25)23-8-7-13-3-5-16(21)17(22)10-13/h3-11,19,24,26H,2H2,1H3,(H,23,25)/b8-7+. The number of rotatable bonds is 6. The second-order valence-electron chi connectivity index (χ2n) is 5.95. The highest BCUT2D eigenvalue weighted by atomic mass is 32.1. The van der Waals surface area contributed by atoms with Crippen LogP contribution in [0.4, 0.5) is 8.78 Å². The predicted octanol–water partition coefficient (Wildman–Crippen LogP) is 4.55. The molecule has 0 saturated heterocycles. The lowest BCUT2D eigenvalue weighted by Crippen LogP contribution is -2.33. The van der Waals surface area contributed by atoms with Gasteiger partial charge in [0.25, 0.3) is 0 Å². The van der Waals surface area contributed by atoms with Crippen molar-refractivity contribution in [1.29, 1.82) is 0 Å². The lowest BCUT2D eigenvalue weighted by molar-refractivity contribution is -0.124. The van der Waals surface area contributed by atoms with E-state index >= 15 is 0 Å². The maximum Gasteiger partial charge on any atom is 0.247 e. The van der Waals surface area contributed by atoms with Gasteiger partial charge in [-0.2, -0.15) is 5.48 Å². The molecule has 3 N–H and O–H groups in total. The van der Waals surface area contributed by atoms with Gasteiger partial charge in [-0.25, -0.2) is 8.78 Å². The van der Waals surface area contributed by atoms with Crippen molar-refractivity contribution in [2.24, 2.45) is 0 Å². The fourth-order valence-corrected chi connectivity index (χ4v) is 3.70. The molecule has 0 aliphatic heterocycles. The quantitative estimate of drug-likeness (QED) is 0.543. The number of amides is 1. The molecule has 0 spiro atoms. The molecule has 2 aromatic carbocycles. The third-order valence-corrected chi connectivity index (χ3v) is 5.21. The lowest BCUT2D eigenvalue weighted by Gasteiger charge is -2.13. The highest BCUT2D eigenvalue weighted by molar-refractivity contribution is 7.17. The minimum Gasteiger partial charge on any atom is -0.331 e. The number of benzene rings is 2. The normalized spacial score (nSPS) is 12.6. The molecule has 1 unspecified atom stereocenters. The van der Waals surface area contributed by atoms with E-state index in [1.165, 1.54) is 29.7 Å². The molecule has 3 aromatic rings. The van der Waals surface area contributed by atoms with Gasteiger partial charge in [-0.15, -0.1) is 11.3 Å². The first-order chi connectivity index (χ1) is 13.0. The van der Waals surface area contributed by atoms with Gasteiger partial charge in [0.2, 0.25) is 5.91 Å². The number of carbonyl (C=O) groups excluding carboxylic acids is 1. The van der Waals surface area contributed by atoms with Crippen molar-refractivity contribution in [1.82, 2.24) is 10.8 Å². The summed E-state index contributed by atoms with van der Waals surface area (Å²) in [5.74, 6) is -2.37. The minimum absolute atomic E-state index is 0.399. The van der Waals surface area contributed by atoms with E-state index in [4.69, 9.17) is 0 Å². The van der Waals surface area contributed by atoms with Crippen LogP contribution in [0.2, 0.25) is 0 Å². The van der Waals surface area contributed by atoms with Gasteiger partial charge in [0, 0.05) is 10.9 Å². The molecule has 1 atom stereocenters. The van der Waals surface area contributed by atoms with E-state index < -0.39 is 23.6 Å². The van der Waals surface area contributed by atoms with Gasteiger partial charge >= 0.3 is 0 Å². The smallest absolute Gasteiger partial charge is 0.247 e. The Morgan fingerprint density at radius 3 is 2.74 bits per heavy atom. The molecule has 27 heavy (non-hydrogen) atoms. The van der Waals surface area contributed by atoms with E-state index in [0.29, 0.717) is 11.1 Å². The number of hydroxylamine groups is 1. The highest BCUT2D eigenvalue weighted by Gasteiger charge is 2.22. The van der Waals surface area contributed by atoms with Crippen molar-refractivity contribution in [2.75, 3.05) is 0 Å². The lowest BCUT2D eigenvalue weighted by atomic mass is 10.0. The molecule has 1 heterocycles. The van der Waals surface area contributed by atoms with Crippen LogP contribution in [0.5, 0.6) is 0 Å². The molecule has 0 saturated carbocycles. The van der Waals surface area contributed by atoms with Gasteiger partial charge in [-0.05, 0) is 64.2 Å². The number of thiophene rings is 1. The molecular weight excluding hydrogens is 370 g/mol. The largest absolute Gasteiger partial charge is 0.331 e. The summed E-state index contributed by atoms with van der Waals surface area (Å²) in [5.41, 5.74) is 4.26. The molecule has 140 valence electrons. The van der Waals surface area contributed by atoms with Crippen LogP contribution in [0.15, 0.2) is 48.0 Å². The summed E-state index contributed by atoms with van der Waals surface area (Å²) >= 11 is 1.49. The summed E-state index contributed by atoms with van der Waals surface area (Å²) in [6.07, 6.45) is 3.63. The Bertz CT molecular complexity index is 1000. The summed E-state index contributed by atoms with van der Waals surface area (Å²) in [7, 11) is 0. The maximum atomic E-state index is 13.2. The van der Waals surface area contributed by atoms with Gasteiger partial charge in [0.15, 0.2) is 11.6 Å². The van der Waals surface area contributed by atoms with Crippen molar-refractivity contribution in [3.63, 3.8) is 0 Å². The number of halogens is 2. The van der Waals surface area contributed by atoms with Crippen LogP contribution in [0, 0.1) is 11.6 Å². The van der Waals surface area contributed by atoms with Crippen molar-refractivity contribution in [3.8, 4) is 0 Å². The number of hydrogen-bond acceptors (Lipinski definition) is 4. The third-order valence-electron chi connectivity index (χ3n) is 4.22. The van der Waals surface area contributed by atoms with E-state index in [9.17, 15) is 18.8 Å². The van der Waals surface area contributed by atoms with Gasteiger partial charge in [0.05, 0.1) is 0 Å². The van der Waals surface area contributed by atoms with E-state index in [2.05, 4.69) is 10.8 Å². The first-order valence-electron chi connectivity index (χ1n) is 8.35. The Labute approximate surface area is 159 Å². The van der Waals surface area contributed by atoms with E-state index in [1.807, 2.05) is 30.5 Å². The van der Waals surface area contributed by atoms with Crippen LogP contribution < -0.4 is 10.8 Å². The van der Waals surface area contributed by atoms with Crippen LogP contribution in [0.25, 0.3) is 16.2 Å². The van der Waals surface area contributed by atoms with Crippen LogP contribution in [0.3, 0.4) is 0 Å². The minimum atomic E-state index is -0.963. The fraction of sp³-hybridized carbons (Fsp3) is 0.150. The summed E-state index contributed by atoms with van der Waals surface area (Å²) < 4.78 is 27.2. The highest BCUT2D eigenvalue weighted by Crippen LogP contribution is 2.31. The predicted molar refractivity (Wildman–Crippen MR) is 102 cm³/mol. The van der Waals surface area contributed by atoms with Gasteiger partial charge in [-0.1, -0.05) is 19.1 Å². The Hall–Kier alpha value is -2.61. The van der Waals surface area contributed by atoms with Crippen LogP contribution >= 0.6 is 11.3 Å². The van der Waals surface area contributed by atoms with Gasteiger partial charge in [0.1, 0.15) is 6.04 Å². The summed E-state index contributed by atoms with van der Waals surface area (Å²) in [6.45, 7) is 2.05. The SMILES string of the molecule is CCc1ccc2scc(C(NO)C(=O)N/C=C/c3ccc(F)c(F)c3)c2c1. The molecule has 4 nitrogen and oxygen atoms in total. The molecular formula is C20H18F2N2O2S.